The van der Waals surface area contributed by atoms with Crippen molar-refractivity contribution < 1.29 is 23.8 Å². The summed E-state index contributed by atoms with van der Waals surface area (Å²) in [4.78, 5) is 27.1. The third-order valence-corrected chi connectivity index (χ3v) is 6.32. The highest BCUT2D eigenvalue weighted by Gasteiger charge is 2.25. The van der Waals surface area contributed by atoms with Gasteiger partial charge in [0.1, 0.15) is 5.75 Å². The summed E-state index contributed by atoms with van der Waals surface area (Å²) in [6.45, 7) is 8.25. The number of amides is 2. The summed E-state index contributed by atoms with van der Waals surface area (Å²) >= 11 is 0. The maximum absolute atomic E-state index is 12.9. The number of carbonyl (C=O) groups is 2. The molecule has 190 valence electrons. The molecular formula is C28H38N2O5. The van der Waals surface area contributed by atoms with Crippen molar-refractivity contribution >= 4 is 11.8 Å². The van der Waals surface area contributed by atoms with E-state index in [0.717, 1.165) is 18.6 Å². The summed E-state index contributed by atoms with van der Waals surface area (Å²) in [6, 6.07) is 13.4. The number of benzene rings is 2. The fourth-order valence-electron chi connectivity index (χ4n) is 4.15. The molecule has 1 fully saturated rings. The maximum atomic E-state index is 12.9. The van der Waals surface area contributed by atoms with Crippen LogP contribution < -0.4 is 19.5 Å². The van der Waals surface area contributed by atoms with E-state index in [-0.39, 0.29) is 23.3 Å². The van der Waals surface area contributed by atoms with Crippen molar-refractivity contribution in [3.05, 3.63) is 53.6 Å². The van der Waals surface area contributed by atoms with E-state index in [1.165, 1.54) is 5.56 Å². The van der Waals surface area contributed by atoms with Crippen LogP contribution in [0.4, 0.5) is 0 Å². The molecule has 0 atom stereocenters. The van der Waals surface area contributed by atoms with Gasteiger partial charge >= 0.3 is 0 Å². The first kappa shape index (κ1) is 26.4. The van der Waals surface area contributed by atoms with Crippen LogP contribution in [0.2, 0.25) is 0 Å². The standard InChI is InChI=1S/C28H38N2O5/c1-28(2,3)21-9-11-23(12-10-21)35-18-6-7-26(31)29-22-14-16-30(17-15-22)27(32)20-8-13-24(33-4)25(19-20)34-5/h8-13,19,22H,6-7,14-18H2,1-5H3,(H,29,31). The van der Waals surface area contributed by atoms with E-state index in [2.05, 4.69) is 38.2 Å². The first-order valence-electron chi connectivity index (χ1n) is 12.2. The van der Waals surface area contributed by atoms with E-state index >= 15 is 0 Å². The Kier molecular flexibility index (Phi) is 9.01. The van der Waals surface area contributed by atoms with Crippen LogP contribution in [-0.4, -0.2) is 56.7 Å². The van der Waals surface area contributed by atoms with Crippen LogP contribution in [0.3, 0.4) is 0 Å². The summed E-state index contributed by atoms with van der Waals surface area (Å²) < 4.78 is 16.3. The van der Waals surface area contributed by atoms with Crippen LogP contribution in [0.15, 0.2) is 42.5 Å². The Morgan fingerprint density at radius 1 is 0.971 bits per heavy atom. The number of carbonyl (C=O) groups excluding carboxylic acids is 2. The largest absolute Gasteiger partial charge is 0.494 e. The molecule has 1 heterocycles. The van der Waals surface area contributed by atoms with Crippen LogP contribution in [0.25, 0.3) is 0 Å². The summed E-state index contributed by atoms with van der Waals surface area (Å²) in [5, 5.41) is 3.11. The molecule has 7 nitrogen and oxygen atoms in total. The number of rotatable bonds is 9. The minimum absolute atomic E-state index is 0.0290. The Hall–Kier alpha value is -3.22. The predicted molar refractivity (Wildman–Crippen MR) is 136 cm³/mol. The van der Waals surface area contributed by atoms with Crippen molar-refractivity contribution in [2.24, 2.45) is 0 Å². The summed E-state index contributed by atoms with van der Waals surface area (Å²) in [6.07, 6.45) is 2.55. The third-order valence-electron chi connectivity index (χ3n) is 6.32. The molecule has 1 aliphatic heterocycles. The van der Waals surface area contributed by atoms with E-state index < -0.39 is 0 Å². The normalized spacial score (nSPS) is 14.4. The molecule has 0 aromatic heterocycles. The van der Waals surface area contributed by atoms with E-state index in [1.54, 1.807) is 32.4 Å². The minimum atomic E-state index is -0.0385. The lowest BCUT2D eigenvalue weighted by atomic mass is 9.87. The van der Waals surface area contributed by atoms with Crippen molar-refractivity contribution in [3.8, 4) is 17.2 Å². The van der Waals surface area contributed by atoms with Crippen LogP contribution in [0.1, 0.15) is 62.4 Å². The molecule has 2 aromatic carbocycles. The Morgan fingerprint density at radius 3 is 2.23 bits per heavy atom. The molecule has 1 saturated heterocycles. The Balaban J connectivity index is 1.37. The second-order valence-electron chi connectivity index (χ2n) is 9.93. The minimum Gasteiger partial charge on any atom is -0.494 e. The van der Waals surface area contributed by atoms with Crippen molar-refractivity contribution in [2.75, 3.05) is 33.9 Å². The van der Waals surface area contributed by atoms with Gasteiger partial charge in [0.25, 0.3) is 5.91 Å². The number of hydrogen-bond acceptors (Lipinski definition) is 5. The zero-order valence-corrected chi connectivity index (χ0v) is 21.6. The number of likely N-dealkylation sites (tertiary alicyclic amines) is 1. The van der Waals surface area contributed by atoms with Gasteiger partial charge in [0, 0.05) is 31.1 Å². The monoisotopic (exact) mass is 482 g/mol. The van der Waals surface area contributed by atoms with Gasteiger partial charge in [-0.3, -0.25) is 9.59 Å². The van der Waals surface area contributed by atoms with Crippen LogP contribution >= 0.6 is 0 Å². The highest BCUT2D eigenvalue weighted by atomic mass is 16.5. The fourth-order valence-corrected chi connectivity index (χ4v) is 4.15. The zero-order chi connectivity index (χ0) is 25.4. The molecule has 35 heavy (non-hydrogen) atoms. The van der Waals surface area contributed by atoms with Gasteiger partial charge in [-0.15, -0.1) is 0 Å². The van der Waals surface area contributed by atoms with Crippen molar-refractivity contribution in [2.45, 2.75) is 57.9 Å². The average molecular weight is 483 g/mol. The second-order valence-corrected chi connectivity index (χ2v) is 9.93. The van der Waals surface area contributed by atoms with Gasteiger partial charge in [-0.1, -0.05) is 32.9 Å². The van der Waals surface area contributed by atoms with Gasteiger partial charge in [-0.2, -0.15) is 0 Å². The summed E-state index contributed by atoms with van der Waals surface area (Å²) in [5.41, 5.74) is 1.95. The number of ether oxygens (including phenoxy) is 3. The van der Waals surface area contributed by atoms with E-state index in [1.807, 2.05) is 17.0 Å². The lowest BCUT2D eigenvalue weighted by Crippen LogP contribution is -2.46. The molecule has 0 spiro atoms. The molecule has 0 unspecified atom stereocenters. The number of nitrogens with one attached hydrogen (secondary N) is 1. The molecule has 0 bridgehead atoms. The second kappa shape index (κ2) is 12.0. The van der Waals surface area contributed by atoms with Gasteiger partial charge in [0.15, 0.2) is 11.5 Å². The number of methoxy groups -OCH3 is 2. The molecule has 0 aliphatic carbocycles. The molecule has 2 amide bonds. The molecule has 2 aromatic rings. The Morgan fingerprint density at radius 2 is 1.63 bits per heavy atom. The van der Waals surface area contributed by atoms with Gasteiger partial charge < -0.3 is 24.4 Å². The Labute approximate surface area is 208 Å². The van der Waals surface area contributed by atoms with Crippen molar-refractivity contribution in [1.82, 2.24) is 10.2 Å². The van der Waals surface area contributed by atoms with E-state index in [9.17, 15) is 9.59 Å². The third kappa shape index (κ3) is 7.38. The predicted octanol–water partition coefficient (Wildman–Crippen LogP) is 4.58. The number of piperidine rings is 1. The first-order chi connectivity index (χ1) is 16.7. The van der Waals surface area contributed by atoms with Crippen LogP contribution in [0, 0.1) is 0 Å². The topological polar surface area (TPSA) is 77.1 Å². The number of nitrogens with zero attached hydrogens (tertiary/aromatic N) is 1. The van der Waals surface area contributed by atoms with Crippen molar-refractivity contribution in [1.29, 1.82) is 0 Å². The Bertz CT molecular complexity index is 989. The molecular weight excluding hydrogens is 444 g/mol. The quantitative estimate of drug-likeness (QED) is 0.530. The molecule has 1 aliphatic rings. The SMILES string of the molecule is COc1ccc(C(=O)N2CCC(NC(=O)CCCOc3ccc(C(C)(C)C)cc3)CC2)cc1OC. The van der Waals surface area contributed by atoms with E-state index in [0.29, 0.717) is 49.6 Å². The highest BCUT2D eigenvalue weighted by Crippen LogP contribution is 2.28. The maximum Gasteiger partial charge on any atom is 0.253 e. The average Bonchev–Trinajstić information content (AvgIpc) is 2.86. The zero-order valence-electron chi connectivity index (χ0n) is 21.6. The molecule has 7 heteroatoms. The fraction of sp³-hybridized carbons (Fsp3) is 0.500. The molecule has 3 rings (SSSR count). The highest BCUT2D eigenvalue weighted by molar-refractivity contribution is 5.95. The lowest BCUT2D eigenvalue weighted by Gasteiger charge is -2.32. The molecule has 0 saturated carbocycles. The first-order valence-corrected chi connectivity index (χ1v) is 12.2. The summed E-state index contributed by atoms with van der Waals surface area (Å²) in [5.74, 6) is 1.94. The van der Waals surface area contributed by atoms with Gasteiger partial charge in [-0.05, 0) is 60.6 Å². The van der Waals surface area contributed by atoms with Crippen LogP contribution in [0.5, 0.6) is 17.2 Å². The smallest absolute Gasteiger partial charge is 0.253 e. The molecule has 0 radical (unpaired) electrons. The van der Waals surface area contributed by atoms with Gasteiger partial charge in [-0.25, -0.2) is 0 Å². The van der Waals surface area contributed by atoms with Gasteiger partial charge in [0.05, 0.1) is 20.8 Å². The number of hydrogen-bond donors (Lipinski definition) is 1. The molecule has 1 N–H and O–H groups in total. The summed E-state index contributed by atoms with van der Waals surface area (Å²) in [7, 11) is 3.12. The van der Waals surface area contributed by atoms with Crippen LogP contribution in [-0.2, 0) is 10.2 Å². The lowest BCUT2D eigenvalue weighted by molar-refractivity contribution is -0.122. The van der Waals surface area contributed by atoms with Crippen molar-refractivity contribution in [3.63, 3.8) is 0 Å². The van der Waals surface area contributed by atoms with E-state index in [4.69, 9.17) is 14.2 Å². The van der Waals surface area contributed by atoms with Gasteiger partial charge in [0.2, 0.25) is 5.91 Å².